The van der Waals surface area contributed by atoms with Crippen LogP contribution in [-0.2, 0) is 6.54 Å². The Kier molecular flexibility index (Phi) is 5.67. The third-order valence-corrected chi connectivity index (χ3v) is 4.22. The second-order valence-electron chi connectivity index (χ2n) is 5.58. The van der Waals surface area contributed by atoms with Crippen molar-refractivity contribution in [1.82, 2.24) is 20.2 Å². The zero-order valence-corrected chi connectivity index (χ0v) is 12.9. The van der Waals surface area contributed by atoms with Crippen LogP contribution in [0.1, 0.15) is 36.3 Å². The van der Waals surface area contributed by atoms with Gasteiger partial charge in [-0.05, 0) is 25.5 Å². The smallest absolute Gasteiger partial charge is 0.266 e. The second-order valence-corrected chi connectivity index (χ2v) is 5.58. The lowest BCUT2D eigenvalue weighted by Crippen LogP contribution is -2.49. The van der Waals surface area contributed by atoms with Gasteiger partial charge in [0.2, 0.25) is 0 Å². The summed E-state index contributed by atoms with van der Waals surface area (Å²) in [4.78, 5) is 20.6. The van der Waals surface area contributed by atoms with E-state index >= 15 is 0 Å². The number of hydrazine groups is 1. The van der Waals surface area contributed by atoms with E-state index in [1.807, 2.05) is 6.07 Å². The SMILES string of the molecule is CCC(C)N1CCN(Cc2ccc(C(=O)NN)cn2)CC1. The highest BCUT2D eigenvalue weighted by Gasteiger charge is 2.20. The molecular weight excluding hydrogens is 266 g/mol. The summed E-state index contributed by atoms with van der Waals surface area (Å²) in [7, 11) is 0. The molecule has 1 fully saturated rings. The first-order chi connectivity index (χ1) is 10.1. The summed E-state index contributed by atoms with van der Waals surface area (Å²) < 4.78 is 0. The normalized spacial score (nSPS) is 18.4. The number of carbonyl (C=O) groups is 1. The Labute approximate surface area is 126 Å². The van der Waals surface area contributed by atoms with Gasteiger partial charge in [-0.25, -0.2) is 5.84 Å². The quantitative estimate of drug-likeness (QED) is 0.472. The summed E-state index contributed by atoms with van der Waals surface area (Å²) in [5, 5.41) is 0. The maximum absolute atomic E-state index is 11.4. The zero-order chi connectivity index (χ0) is 15.2. The van der Waals surface area contributed by atoms with Crippen molar-refractivity contribution in [2.45, 2.75) is 32.9 Å². The number of nitrogens with one attached hydrogen (secondary N) is 1. The van der Waals surface area contributed by atoms with E-state index in [9.17, 15) is 4.79 Å². The molecule has 0 radical (unpaired) electrons. The van der Waals surface area contributed by atoms with Crippen LogP contribution in [0.25, 0.3) is 0 Å². The highest BCUT2D eigenvalue weighted by molar-refractivity contribution is 5.93. The van der Waals surface area contributed by atoms with Crippen LogP contribution in [-0.4, -0.2) is 52.9 Å². The number of carbonyl (C=O) groups excluding carboxylic acids is 1. The molecule has 21 heavy (non-hydrogen) atoms. The molecule has 2 rings (SSSR count). The predicted molar refractivity (Wildman–Crippen MR) is 82.5 cm³/mol. The maximum Gasteiger partial charge on any atom is 0.266 e. The monoisotopic (exact) mass is 291 g/mol. The van der Waals surface area contributed by atoms with Crippen molar-refractivity contribution in [3.8, 4) is 0 Å². The van der Waals surface area contributed by atoms with Gasteiger partial charge in [0, 0.05) is 45.0 Å². The zero-order valence-electron chi connectivity index (χ0n) is 12.9. The molecule has 1 aliphatic rings. The van der Waals surface area contributed by atoms with Crippen LogP contribution in [0.15, 0.2) is 18.3 Å². The van der Waals surface area contributed by atoms with Gasteiger partial charge in [0.1, 0.15) is 0 Å². The Morgan fingerprint density at radius 1 is 1.38 bits per heavy atom. The van der Waals surface area contributed by atoms with Crippen molar-refractivity contribution in [3.05, 3.63) is 29.6 Å². The molecule has 1 saturated heterocycles. The third-order valence-electron chi connectivity index (χ3n) is 4.22. The van der Waals surface area contributed by atoms with Crippen molar-refractivity contribution >= 4 is 5.91 Å². The largest absolute Gasteiger partial charge is 0.298 e. The first-order valence-corrected chi connectivity index (χ1v) is 7.56. The number of pyridine rings is 1. The fourth-order valence-electron chi connectivity index (χ4n) is 2.59. The van der Waals surface area contributed by atoms with Crippen LogP contribution in [0.3, 0.4) is 0 Å². The Balaban J connectivity index is 1.85. The molecule has 0 aromatic carbocycles. The topological polar surface area (TPSA) is 74.5 Å². The molecule has 116 valence electrons. The lowest BCUT2D eigenvalue weighted by atomic mass is 10.2. The maximum atomic E-state index is 11.4. The van der Waals surface area contributed by atoms with E-state index in [1.54, 1.807) is 12.3 Å². The van der Waals surface area contributed by atoms with E-state index in [4.69, 9.17) is 5.84 Å². The number of aromatic nitrogens is 1. The molecule has 6 heteroatoms. The van der Waals surface area contributed by atoms with Crippen LogP contribution in [0, 0.1) is 0 Å². The van der Waals surface area contributed by atoms with Crippen molar-refractivity contribution in [3.63, 3.8) is 0 Å². The van der Waals surface area contributed by atoms with Crippen LogP contribution in [0.5, 0.6) is 0 Å². The summed E-state index contributed by atoms with van der Waals surface area (Å²) in [6, 6.07) is 4.32. The van der Waals surface area contributed by atoms with Crippen LogP contribution in [0.2, 0.25) is 0 Å². The molecule has 0 bridgehead atoms. The lowest BCUT2D eigenvalue weighted by Gasteiger charge is -2.37. The Morgan fingerprint density at radius 2 is 2.10 bits per heavy atom. The van der Waals surface area contributed by atoms with Gasteiger partial charge in [0.05, 0.1) is 11.3 Å². The van der Waals surface area contributed by atoms with Gasteiger partial charge >= 0.3 is 0 Å². The fourth-order valence-corrected chi connectivity index (χ4v) is 2.59. The summed E-state index contributed by atoms with van der Waals surface area (Å²) in [5.74, 6) is 4.79. The van der Waals surface area contributed by atoms with Gasteiger partial charge in [0.25, 0.3) is 5.91 Å². The molecule has 0 spiro atoms. The Hall–Kier alpha value is -1.50. The van der Waals surface area contributed by atoms with Gasteiger partial charge < -0.3 is 0 Å². The van der Waals surface area contributed by atoms with E-state index in [-0.39, 0.29) is 5.91 Å². The minimum absolute atomic E-state index is 0.309. The highest BCUT2D eigenvalue weighted by Crippen LogP contribution is 2.11. The van der Waals surface area contributed by atoms with Crippen LogP contribution < -0.4 is 11.3 Å². The number of hydrogen-bond acceptors (Lipinski definition) is 5. The molecule has 1 aromatic heterocycles. The molecule has 6 nitrogen and oxygen atoms in total. The van der Waals surface area contributed by atoms with E-state index in [2.05, 4.69) is 34.1 Å². The minimum atomic E-state index is -0.309. The molecule has 2 heterocycles. The molecule has 1 atom stereocenters. The number of hydrogen-bond donors (Lipinski definition) is 2. The first kappa shape index (κ1) is 15.9. The van der Waals surface area contributed by atoms with E-state index in [1.165, 1.54) is 6.42 Å². The van der Waals surface area contributed by atoms with Gasteiger partial charge in [0.15, 0.2) is 0 Å². The number of piperazine rings is 1. The van der Waals surface area contributed by atoms with Gasteiger partial charge in [-0.2, -0.15) is 0 Å². The Morgan fingerprint density at radius 3 is 2.62 bits per heavy atom. The summed E-state index contributed by atoms with van der Waals surface area (Å²) in [6.07, 6.45) is 2.78. The van der Waals surface area contributed by atoms with Crippen molar-refractivity contribution in [2.75, 3.05) is 26.2 Å². The molecular formula is C15H25N5O. The standard InChI is InChI=1S/C15H25N5O/c1-3-12(2)20-8-6-19(7-9-20)11-14-5-4-13(10-17-14)15(21)18-16/h4-5,10,12H,3,6-9,11,16H2,1-2H3,(H,18,21). The summed E-state index contributed by atoms with van der Waals surface area (Å²) in [5.41, 5.74) is 3.58. The molecule has 1 aromatic rings. The second kappa shape index (κ2) is 7.49. The number of nitrogens with zero attached hydrogens (tertiary/aromatic N) is 3. The highest BCUT2D eigenvalue weighted by atomic mass is 16.2. The van der Waals surface area contributed by atoms with Crippen LogP contribution >= 0.6 is 0 Å². The molecule has 1 aliphatic heterocycles. The minimum Gasteiger partial charge on any atom is -0.298 e. The predicted octanol–water partition coefficient (Wildman–Crippen LogP) is 0.601. The number of amides is 1. The molecule has 3 N–H and O–H groups in total. The number of nitrogen functional groups attached to an aromatic ring is 1. The van der Waals surface area contributed by atoms with Crippen LogP contribution in [0.4, 0.5) is 0 Å². The molecule has 1 amide bonds. The van der Waals surface area contributed by atoms with Crippen molar-refractivity contribution in [2.24, 2.45) is 5.84 Å². The Bertz CT molecular complexity index is 454. The van der Waals surface area contributed by atoms with Crippen molar-refractivity contribution < 1.29 is 4.79 Å². The summed E-state index contributed by atoms with van der Waals surface area (Å²) in [6.45, 7) is 9.72. The fraction of sp³-hybridized carbons (Fsp3) is 0.600. The number of nitrogens with two attached hydrogens (primary N) is 1. The number of rotatable bonds is 5. The average molecular weight is 291 g/mol. The van der Waals surface area contributed by atoms with Crippen molar-refractivity contribution in [1.29, 1.82) is 0 Å². The lowest BCUT2D eigenvalue weighted by molar-refractivity contribution is 0.0949. The average Bonchev–Trinajstić information content (AvgIpc) is 2.55. The summed E-state index contributed by atoms with van der Waals surface area (Å²) >= 11 is 0. The third kappa shape index (κ3) is 4.23. The van der Waals surface area contributed by atoms with E-state index in [0.717, 1.165) is 38.4 Å². The first-order valence-electron chi connectivity index (χ1n) is 7.56. The van der Waals surface area contributed by atoms with E-state index in [0.29, 0.717) is 11.6 Å². The van der Waals surface area contributed by atoms with E-state index < -0.39 is 0 Å². The molecule has 0 aliphatic carbocycles. The van der Waals surface area contributed by atoms with Gasteiger partial charge in [-0.3, -0.25) is 25.0 Å². The van der Waals surface area contributed by atoms with Gasteiger partial charge in [-0.1, -0.05) is 6.92 Å². The molecule has 0 saturated carbocycles. The van der Waals surface area contributed by atoms with Gasteiger partial charge in [-0.15, -0.1) is 0 Å². The molecule has 1 unspecified atom stereocenters.